The van der Waals surface area contributed by atoms with E-state index < -0.39 is 23.5 Å². The van der Waals surface area contributed by atoms with Crippen LogP contribution in [0, 0.1) is 5.82 Å². The summed E-state index contributed by atoms with van der Waals surface area (Å²) in [5.74, 6) is -2.49. The zero-order valence-electron chi connectivity index (χ0n) is 15.0. The van der Waals surface area contributed by atoms with Crippen LogP contribution in [0.3, 0.4) is 0 Å². The Morgan fingerprint density at radius 2 is 1.96 bits per heavy atom. The number of ether oxygens (including phenoxy) is 1. The van der Waals surface area contributed by atoms with Crippen LogP contribution in [-0.4, -0.2) is 45.9 Å². The van der Waals surface area contributed by atoms with Crippen molar-refractivity contribution in [2.24, 2.45) is 0 Å². The molecule has 1 aromatic heterocycles. The van der Waals surface area contributed by atoms with Crippen LogP contribution in [0.4, 0.5) is 4.39 Å². The van der Waals surface area contributed by atoms with E-state index in [1.807, 2.05) is 0 Å². The monoisotopic (exact) mass is 382 g/mol. The smallest absolute Gasteiger partial charge is 0.295 e. The number of aliphatic hydroxyl groups is 1. The molecular formula is C21H19FN2O4. The predicted octanol–water partition coefficient (Wildman–Crippen LogP) is 2.82. The van der Waals surface area contributed by atoms with Crippen LogP contribution in [0.1, 0.15) is 30.0 Å². The molecule has 0 radical (unpaired) electrons. The zero-order chi connectivity index (χ0) is 19.7. The second-order valence-corrected chi connectivity index (χ2v) is 6.84. The Morgan fingerprint density at radius 3 is 2.64 bits per heavy atom. The number of halogens is 1. The lowest BCUT2D eigenvalue weighted by Gasteiger charge is -2.27. The van der Waals surface area contributed by atoms with Crippen molar-refractivity contribution in [2.45, 2.75) is 25.0 Å². The molecule has 3 heterocycles. The summed E-state index contributed by atoms with van der Waals surface area (Å²) >= 11 is 0. The van der Waals surface area contributed by atoms with Gasteiger partial charge in [0.25, 0.3) is 11.7 Å². The number of Topliss-reactive ketones (excluding diaryl/α,β-unsaturated/α-hetero) is 1. The number of hydrogen-bond donors (Lipinski definition) is 1. The maximum Gasteiger partial charge on any atom is 0.295 e. The summed E-state index contributed by atoms with van der Waals surface area (Å²) in [7, 11) is 0. The molecule has 6 nitrogen and oxygen atoms in total. The van der Waals surface area contributed by atoms with E-state index in [0.717, 1.165) is 12.8 Å². The van der Waals surface area contributed by atoms with Gasteiger partial charge in [0.15, 0.2) is 0 Å². The SMILES string of the molecule is O=C1C(=O)N(CC2CCCO2)C(c2ccccc2F)/C1=C(/O)c1ccncc1. The van der Waals surface area contributed by atoms with Crippen molar-refractivity contribution < 1.29 is 23.8 Å². The van der Waals surface area contributed by atoms with Crippen molar-refractivity contribution in [1.82, 2.24) is 9.88 Å². The molecule has 1 N–H and O–H groups in total. The number of hydrogen-bond acceptors (Lipinski definition) is 5. The van der Waals surface area contributed by atoms with Crippen molar-refractivity contribution in [3.05, 3.63) is 71.3 Å². The third-order valence-electron chi connectivity index (χ3n) is 5.12. The zero-order valence-corrected chi connectivity index (χ0v) is 15.0. The molecule has 2 atom stereocenters. The summed E-state index contributed by atoms with van der Waals surface area (Å²) in [6.45, 7) is 0.757. The third kappa shape index (κ3) is 3.18. The number of aromatic nitrogens is 1. The molecule has 7 heteroatoms. The Hall–Kier alpha value is -3.06. The minimum atomic E-state index is -1.02. The number of aliphatic hydroxyl groups excluding tert-OH is 1. The lowest BCUT2D eigenvalue weighted by Crippen LogP contribution is -2.36. The second kappa shape index (κ2) is 7.52. The second-order valence-electron chi connectivity index (χ2n) is 6.84. The van der Waals surface area contributed by atoms with Crippen LogP contribution >= 0.6 is 0 Å². The topological polar surface area (TPSA) is 79.7 Å². The summed E-state index contributed by atoms with van der Waals surface area (Å²) in [6.07, 6.45) is 4.35. The lowest BCUT2D eigenvalue weighted by atomic mass is 9.95. The van der Waals surface area contributed by atoms with Gasteiger partial charge in [-0.1, -0.05) is 18.2 Å². The van der Waals surface area contributed by atoms with Gasteiger partial charge in [-0.2, -0.15) is 0 Å². The van der Waals surface area contributed by atoms with Crippen LogP contribution in [-0.2, 0) is 14.3 Å². The number of pyridine rings is 1. The van der Waals surface area contributed by atoms with E-state index in [0.29, 0.717) is 12.2 Å². The summed E-state index contributed by atoms with van der Waals surface area (Å²) in [5.41, 5.74) is 0.376. The first-order valence-electron chi connectivity index (χ1n) is 9.12. The number of carbonyl (C=O) groups is 2. The van der Waals surface area contributed by atoms with Crippen molar-refractivity contribution in [3.63, 3.8) is 0 Å². The number of amides is 1. The molecule has 2 saturated heterocycles. The minimum absolute atomic E-state index is 0.126. The van der Waals surface area contributed by atoms with Crippen molar-refractivity contribution in [1.29, 1.82) is 0 Å². The van der Waals surface area contributed by atoms with E-state index in [9.17, 15) is 19.1 Å². The maximum atomic E-state index is 14.6. The molecule has 28 heavy (non-hydrogen) atoms. The first kappa shape index (κ1) is 18.3. The summed E-state index contributed by atoms with van der Waals surface area (Å²) in [6, 6.07) is 8.01. The highest BCUT2D eigenvalue weighted by atomic mass is 19.1. The first-order valence-corrected chi connectivity index (χ1v) is 9.12. The quantitative estimate of drug-likeness (QED) is 0.500. The van der Waals surface area contributed by atoms with Crippen LogP contribution in [0.5, 0.6) is 0 Å². The fraction of sp³-hybridized carbons (Fsp3) is 0.286. The molecule has 2 aromatic rings. The molecule has 2 fully saturated rings. The number of rotatable bonds is 4. The van der Waals surface area contributed by atoms with Crippen LogP contribution < -0.4 is 0 Å². The molecule has 4 rings (SSSR count). The number of carbonyl (C=O) groups excluding carboxylic acids is 2. The van der Waals surface area contributed by atoms with Crippen LogP contribution in [0.25, 0.3) is 5.76 Å². The molecule has 0 saturated carbocycles. The van der Waals surface area contributed by atoms with E-state index in [1.54, 1.807) is 6.07 Å². The Labute approximate surface area is 161 Å². The van der Waals surface area contributed by atoms with Crippen LogP contribution in [0.2, 0.25) is 0 Å². The Kier molecular flexibility index (Phi) is 4.92. The average molecular weight is 382 g/mol. The van der Waals surface area contributed by atoms with E-state index in [2.05, 4.69) is 4.98 Å². The highest BCUT2D eigenvalue weighted by Crippen LogP contribution is 2.40. The number of ketones is 1. The van der Waals surface area contributed by atoms with Gasteiger partial charge in [0.1, 0.15) is 11.6 Å². The summed E-state index contributed by atoms with van der Waals surface area (Å²) in [5, 5.41) is 10.8. The molecule has 0 spiro atoms. The van der Waals surface area contributed by atoms with Gasteiger partial charge in [0.2, 0.25) is 0 Å². The maximum absolute atomic E-state index is 14.6. The first-order chi connectivity index (χ1) is 13.6. The highest BCUT2D eigenvalue weighted by Gasteiger charge is 2.47. The molecule has 0 aliphatic carbocycles. The predicted molar refractivity (Wildman–Crippen MR) is 98.6 cm³/mol. The van der Waals surface area contributed by atoms with Crippen molar-refractivity contribution >= 4 is 17.4 Å². The average Bonchev–Trinajstić information content (AvgIpc) is 3.31. The fourth-order valence-electron chi connectivity index (χ4n) is 3.76. The Bertz CT molecular complexity index is 938. The summed E-state index contributed by atoms with van der Waals surface area (Å²) < 4.78 is 20.2. The molecule has 0 bridgehead atoms. The minimum Gasteiger partial charge on any atom is -0.507 e. The van der Waals surface area contributed by atoms with Gasteiger partial charge in [0, 0.05) is 36.7 Å². The van der Waals surface area contributed by atoms with E-state index in [1.165, 1.54) is 47.6 Å². The van der Waals surface area contributed by atoms with Gasteiger partial charge in [-0.15, -0.1) is 0 Å². The summed E-state index contributed by atoms with van der Waals surface area (Å²) in [4.78, 5) is 30.8. The molecule has 1 amide bonds. The highest BCUT2D eigenvalue weighted by molar-refractivity contribution is 6.46. The van der Waals surface area contributed by atoms with Crippen LogP contribution in [0.15, 0.2) is 54.4 Å². The molecule has 2 unspecified atom stereocenters. The van der Waals surface area contributed by atoms with E-state index in [4.69, 9.17) is 4.74 Å². The number of nitrogens with zero attached hydrogens (tertiary/aromatic N) is 2. The Morgan fingerprint density at radius 1 is 1.21 bits per heavy atom. The lowest BCUT2D eigenvalue weighted by molar-refractivity contribution is -0.140. The largest absolute Gasteiger partial charge is 0.507 e. The number of likely N-dealkylation sites (tertiary alicyclic amines) is 1. The fourth-order valence-corrected chi connectivity index (χ4v) is 3.76. The van der Waals surface area contributed by atoms with Crippen molar-refractivity contribution in [3.8, 4) is 0 Å². The van der Waals surface area contributed by atoms with Gasteiger partial charge in [-0.3, -0.25) is 14.6 Å². The normalized spacial score (nSPS) is 24.1. The van der Waals surface area contributed by atoms with Gasteiger partial charge < -0.3 is 14.7 Å². The number of benzene rings is 1. The van der Waals surface area contributed by atoms with Gasteiger partial charge in [0.05, 0.1) is 17.7 Å². The van der Waals surface area contributed by atoms with Gasteiger partial charge in [-0.25, -0.2) is 4.39 Å². The van der Waals surface area contributed by atoms with E-state index >= 15 is 0 Å². The molecular weight excluding hydrogens is 363 g/mol. The molecule has 1 aromatic carbocycles. The third-order valence-corrected chi connectivity index (χ3v) is 5.12. The Balaban J connectivity index is 1.84. The van der Waals surface area contributed by atoms with Gasteiger partial charge >= 0.3 is 0 Å². The van der Waals surface area contributed by atoms with Crippen molar-refractivity contribution in [2.75, 3.05) is 13.2 Å². The standard InChI is InChI=1S/C21H19FN2O4/c22-16-6-2-1-5-15(16)18-17(19(25)13-7-9-23-10-8-13)20(26)21(27)24(18)12-14-4-3-11-28-14/h1-2,5-10,14,18,25H,3-4,11-12H2/b19-17-. The molecule has 2 aliphatic heterocycles. The van der Waals surface area contributed by atoms with E-state index in [-0.39, 0.29) is 29.5 Å². The molecule has 144 valence electrons. The van der Waals surface area contributed by atoms with Gasteiger partial charge in [-0.05, 0) is 31.0 Å². The molecule has 2 aliphatic rings.